The van der Waals surface area contributed by atoms with E-state index >= 15 is 0 Å². The molecule has 0 amide bonds. The minimum atomic E-state index is -3.83. The number of carbonyl (C=O) groups is 1. The first-order valence-corrected chi connectivity index (χ1v) is 6.64. The average molecular weight is 248 g/mol. The molecule has 0 fully saturated rings. The monoisotopic (exact) mass is 248 g/mol. The predicted molar refractivity (Wildman–Crippen MR) is 60.3 cm³/mol. The smallest absolute Gasteiger partial charge is 0.438 e. The topological polar surface area (TPSA) is 61.8 Å². The van der Waals surface area contributed by atoms with Gasteiger partial charge in [0, 0.05) is 0 Å². The van der Waals surface area contributed by atoms with Crippen LogP contribution in [0.2, 0.25) is 0 Å². The summed E-state index contributed by atoms with van der Waals surface area (Å²) in [6, 6.07) is 0. The quantitative estimate of drug-likeness (QED) is 0.488. The van der Waals surface area contributed by atoms with Crippen LogP contribution in [0.4, 0.5) is 4.79 Å². The minimum Gasteiger partial charge on any atom is -0.443 e. The third-order valence-corrected chi connectivity index (χ3v) is 3.05. The van der Waals surface area contributed by atoms with Crippen molar-refractivity contribution in [2.45, 2.75) is 26.7 Å². The zero-order valence-electron chi connectivity index (χ0n) is 9.60. The van der Waals surface area contributed by atoms with Crippen LogP contribution >= 0.6 is 7.60 Å². The van der Waals surface area contributed by atoms with Crippen LogP contribution in [0.1, 0.15) is 26.7 Å². The summed E-state index contributed by atoms with van der Waals surface area (Å²) in [6.07, 6.45) is 6.18. The van der Waals surface area contributed by atoms with Gasteiger partial charge in [-0.05, 0) is 12.8 Å². The first-order chi connectivity index (χ1) is 7.60. The van der Waals surface area contributed by atoms with E-state index in [1.807, 2.05) is 13.8 Å². The van der Waals surface area contributed by atoms with Crippen molar-refractivity contribution in [2.24, 2.45) is 0 Å². The van der Waals surface area contributed by atoms with Gasteiger partial charge >= 0.3 is 13.3 Å². The molecule has 0 saturated carbocycles. The van der Waals surface area contributed by atoms with Gasteiger partial charge in [0.25, 0.3) is 0 Å². The molecule has 0 aliphatic rings. The summed E-state index contributed by atoms with van der Waals surface area (Å²) in [5.74, 6) is 2.11. The van der Waals surface area contributed by atoms with Gasteiger partial charge in [-0.25, -0.2) is 9.36 Å². The van der Waals surface area contributed by atoms with E-state index in [4.69, 9.17) is 15.5 Å². The molecular weight excluding hydrogens is 231 g/mol. The highest BCUT2D eigenvalue weighted by Crippen LogP contribution is 2.50. The molecule has 0 spiro atoms. The van der Waals surface area contributed by atoms with E-state index in [2.05, 4.69) is 10.7 Å². The molecule has 5 nitrogen and oxygen atoms in total. The second-order valence-electron chi connectivity index (χ2n) is 2.92. The second kappa shape index (κ2) is 8.35. The van der Waals surface area contributed by atoms with E-state index in [1.54, 1.807) is 0 Å². The number of hydrogen-bond acceptors (Lipinski definition) is 5. The Bertz CT molecular complexity index is 282. The third-order valence-electron chi connectivity index (χ3n) is 1.43. The maximum Gasteiger partial charge on any atom is 0.438 e. The van der Waals surface area contributed by atoms with Crippen LogP contribution in [0.25, 0.3) is 0 Å². The summed E-state index contributed by atoms with van der Waals surface area (Å²) in [7, 11) is -3.83. The molecule has 0 aromatic carbocycles. The van der Waals surface area contributed by atoms with Gasteiger partial charge in [0.05, 0.1) is 13.2 Å². The predicted octanol–water partition coefficient (Wildman–Crippen LogP) is 2.80. The van der Waals surface area contributed by atoms with E-state index < -0.39 is 13.3 Å². The largest absolute Gasteiger partial charge is 0.443 e. The van der Waals surface area contributed by atoms with E-state index in [0.29, 0.717) is 12.8 Å². The Morgan fingerprint density at radius 3 is 2.12 bits per heavy atom. The lowest BCUT2D eigenvalue weighted by atomic mass is 10.5. The van der Waals surface area contributed by atoms with E-state index in [0.717, 1.165) is 0 Å². The fourth-order valence-corrected chi connectivity index (χ4v) is 2.10. The molecule has 0 atom stereocenters. The number of ether oxygens (including phenoxy) is 1. The van der Waals surface area contributed by atoms with E-state index in [1.165, 1.54) is 0 Å². The van der Waals surface area contributed by atoms with Crippen LogP contribution in [0.5, 0.6) is 0 Å². The van der Waals surface area contributed by atoms with Gasteiger partial charge < -0.3 is 13.8 Å². The lowest BCUT2D eigenvalue weighted by molar-refractivity contribution is 0.154. The summed E-state index contributed by atoms with van der Waals surface area (Å²) in [4.78, 5) is 11.4. The lowest BCUT2D eigenvalue weighted by Gasteiger charge is -2.15. The molecule has 0 aromatic rings. The second-order valence-corrected chi connectivity index (χ2v) is 4.80. The fourth-order valence-electron chi connectivity index (χ4n) is 0.748. The van der Waals surface area contributed by atoms with Crippen molar-refractivity contribution in [1.29, 1.82) is 0 Å². The van der Waals surface area contributed by atoms with Crippen LogP contribution in [-0.2, 0) is 18.3 Å². The third kappa shape index (κ3) is 5.32. The van der Waals surface area contributed by atoms with Crippen LogP contribution in [0, 0.1) is 12.3 Å². The van der Waals surface area contributed by atoms with Crippen LogP contribution in [0.3, 0.4) is 0 Å². The zero-order chi connectivity index (χ0) is 12.4. The molecule has 16 heavy (non-hydrogen) atoms. The van der Waals surface area contributed by atoms with Crippen molar-refractivity contribution in [2.75, 3.05) is 19.8 Å². The van der Waals surface area contributed by atoms with Gasteiger partial charge in [-0.3, -0.25) is 0 Å². The Hall–Kier alpha value is -0.820. The molecule has 92 valence electrons. The van der Waals surface area contributed by atoms with Crippen molar-refractivity contribution < 1.29 is 23.1 Å². The highest BCUT2D eigenvalue weighted by atomic mass is 31.2. The molecule has 0 unspecified atom stereocenters. The Kier molecular flexibility index (Phi) is 7.92. The fraction of sp³-hybridized carbons (Fsp3) is 0.700. The molecule has 0 aliphatic heterocycles. The molecule has 0 heterocycles. The average Bonchev–Trinajstić information content (AvgIpc) is 2.30. The SMILES string of the molecule is C#CCOC(=O)P(=O)(OCCC)OCCC. The summed E-state index contributed by atoms with van der Waals surface area (Å²) in [5.41, 5.74) is -1.02. The Labute approximate surface area is 96.0 Å². The molecule has 0 rings (SSSR count). The summed E-state index contributed by atoms with van der Waals surface area (Å²) in [5, 5.41) is 0. The highest BCUT2D eigenvalue weighted by molar-refractivity contribution is 7.71. The van der Waals surface area contributed by atoms with Gasteiger partial charge in [0.2, 0.25) is 0 Å². The van der Waals surface area contributed by atoms with Crippen LogP contribution in [-0.4, -0.2) is 25.5 Å². The molecule has 0 aromatic heterocycles. The maximum atomic E-state index is 11.9. The van der Waals surface area contributed by atoms with Crippen molar-refractivity contribution in [3.05, 3.63) is 0 Å². The first kappa shape index (κ1) is 15.2. The number of rotatable bonds is 8. The summed E-state index contributed by atoms with van der Waals surface area (Å²) >= 11 is 0. The van der Waals surface area contributed by atoms with Crippen molar-refractivity contribution >= 4 is 13.3 Å². The van der Waals surface area contributed by atoms with Crippen LogP contribution in [0.15, 0.2) is 0 Å². The molecular formula is C10H17O5P. The van der Waals surface area contributed by atoms with Crippen molar-refractivity contribution in [3.8, 4) is 12.3 Å². The summed E-state index contributed by atoms with van der Waals surface area (Å²) < 4.78 is 26.4. The molecule has 0 aliphatic carbocycles. The number of carbonyl (C=O) groups excluding carboxylic acids is 1. The zero-order valence-corrected chi connectivity index (χ0v) is 10.5. The number of terminal acetylenes is 1. The van der Waals surface area contributed by atoms with Gasteiger partial charge in [0.1, 0.15) is 0 Å². The Morgan fingerprint density at radius 2 is 1.75 bits per heavy atom. The molecule has 0 bridgehead atoms. The van der Waals surface area contributed by atoms with E-state index in [-0.39, 0.29) is 19.8 Å². The van der Waals surface area contributed by atoms with Gasteiger partial charge in [-0.2, -0.15) is 0 Å². The molecule has 0 N–H and O–H groups in total. The maximum absolute atomic E-state index is 11.9. The summed E-state index contributed by atoms with van der Waals surface area (Å²) in [6.45, 7) is 3.76. The highest BCUT2D eigenvalue weighted by Gasteiger charge is 2.36. The first-order valence-electron chi connectivity index (χ1n) is 5.10. The van der Waals surface area contributed by atoms with Crippen molar-refractivity contribution in [1.82, 2.24) is 0 Å². The molecule has 0 saturated heterocycles. The Balaban J connectivity index is 4.45. The van der Waals surface area contributed by atoms with Gasteiger partial charge in [0.15, 0.2) is 6.61 Å². The Morgan fingerprint density at radius 1 is 1.25 bits per heavy atom. The van der Waals surface area contributed by atoms with Crippen LogP contribution < -0.4 is 0 Å². The lowest BCUT2D eigenvalue weighted by Crippen LogP contribution is -2.10. The van der Waals surface area contributed by atoms with E-state index in [9.17, 15) is 9.36 Å². The molecule has 0 radical (unpaired) electrons. The standard InChI is InChI=1S/C10H17O5P/c1-4-7-13-10(11)16(12,14-8-5-2)15-9-6-3/h1H,5-9H2,2-3H3. The van der Waals surface area contributed by atoms with Gasteiger partial charge in [-0.15, -0.1) is 6.42 Å². The minimum absolute atomic E-state index is 0.173. The van der Waals surface area contributed by atoms with Crippen molar-refractivity contribution in [3.63, 3.8) is 0 Å². The van der Waals surface area contributed by atoms with Gasteiger partial charge in [-0.1, -0.05) is 19.8 Å². The normalized spacial score (nSPS) is 10.8. The molecule has 6 heteroatoms. The number of hydrogen-bond donors (Lipinski definition) is 0.